The van der Waals surface area contributed by atoms with E-state index in [1.165, 1.54) is 5.32 Å². The van der Waals surface area contributed by atoms with Crippen LogP contribution >= 0.6 is 0 Å². The highest BCUT2D eigenvalue weighted by molar-refractivity contribution is 5.14. The van der Waals surface area contributed by atoms with Crippen LogP contribution in [0.25, 0.3) is 0 Å². The molecule has 0 spiro atoms. The number of halogens is 3. The van der Waals surface area contributed by atoms with Crippen molar-refractivity contribution >= 4 is 0 Å². The summed E-state index contributed by atoms with van der Waals surface area (Å²) in [5.41, 5.74) is 1.07. The zero-order chi connectivity index (χ0) is 10.4. The van der Waals surface area contributed by atoms with E-state index in [1.807, 2.05) is 30.3 Å². The first-order valence-corrected chi connectivity index (χ1v) is 4.43. The van der Waals surface area contributed by atoms with E-state index in [9.17, 15) is 13.2 Å². The Morgan fingerprint density at radius 2 is 1.71 bits per heavy atom. The van der Waals surface area contributed by atoms with Crippen molar-refractivity contribution in [2.24, 2.45) is 0 Å². The van der Waals surface area contributed by atoms with Gasteiger partial charge in [0.15, 0.2) is 0 Å². The Morgan fingerprint density at radius 1 is 1.07 bits per heavy atom. The van der Waals surface area contributed by atoms with Gasteiger partial charge in [0.1, 0.15) is 0 Å². The molecule has 14 heavy (non-hydrogen) atoms. The van der Waals surface area contributed by atoms with Gasteiger partial charge < -0.3 is 0 Å². The number of benzene rings is 1. The van der Waals surface area contributed by atoms with Gasteiger partial charge in [-0.05, 0) is 18.4 Å². The fourth-order valence-electron chi connectivity index (χ4n) is 1.17. The van der Waals surface area contributed by atoms with E-state index in [2.05, 4.69) is 0 Å². The van der Waals surface area contributed by atoms with Crippen LogP contribution in [-0.2, 0) is 6.42 Å². The van der Waals surface area contributed by atoms with Gasteiger partial charge in [0.25, 0.3) is 0 Å². The van der Waals surface area contributed by atoms with E-state index in [4.69, 9.17) is 0 Å². The zero-order valence-electron chi connectivity index (χ0n) is 7.64. The van der Waals surface area contributed by atoms with Crippen molar-refractivity contribution in [1.82, 2.24) is 5.32 Å². The van der Waals surface area contributed by atoms with E-state index in [1.54, 1.807) is 0 Å². The van der Waals surface area contributed by atoms with Gasteiger partial charge in [-0.3, -0.25) is 0 Å². The molecule has 0 saturated carbocycles. The van der Waals surface area contributed by atoms with Gasteiger partial charge in [-0.25, -0.2) is 5.32 Å². The van der Waals surface area contributed by atoms with Crippen LogP contribution in [0.15, 0.2) is 30.3 Å². The Morgan fingerprint density at radius 3 is 2.29 bits per heavy atom. The summed E-state index contributed by atoms with van der Waals surface area (Å²) in [6.07, 6.45) is -3.09. The van der Waals surface area contributed by atoms with Crippen molar-refractivity contribution in [3.8, 4) is 0 Å². The second-order valence-corrected chi connectivity index (χ2v) is 3.01. The van der Waals surface area contributed by atoms with Crippen molar-refractivity contribution in [2.75, 3.05) is 6.54 Å². The lowest BCUT2D eigenvalue weighted by Gasteiger charge is -2.07. The first kappa shape index (κ1) is 11.0. The van der Waals surface area contributed by atoms with Crippen LogP contribution in [0.3, 0.4) is 0 Å². The lowest BCUT2D eigenvalue weighted by Crippen LogP contribution is -2.32. The predicted octanol–water partition coefficient (Wildman–Crippen LogP) is 2.73. The number of alkyl halides is 3. The molecule has 0 saturated heterocycles. The van der Waals surface area contributed by atoms with Crippen molar-refractivity contribution in [3.05, 3.63) is 35.9 Å². The Kier molecular flexibility index (Phi) is 3.95. The third-order valence-electron chi connectivity index (χ3n) is 1.81. The molecular formula is C10H12F3N. The van der Waals surface area contributed by atoms with E-state index in [-0.39, 0.29) is 6.54 Å². The number of aryl methyl sites for hydroxylation is 1. The molecular weight excluding hydrogens is 191 g/mol. The molecule has 1 aromatic carbocycles. The molecule has 0 aliphatic carbocycles. The maximum absolute atomic E-state index is 11.7. The summed E-state index contributed by atoms with van der Waals surface area (Å²) in [6.45, 7) is -0.0294. The Labute approximate surface area is 80.9 Å². The predicted molar refractivity (Wildman–Crippen MR) is 48.8 cm³/mol. The standard InChI is InChI=1S/C10H12F3N/c11-10(12,13)14-8-4-7-9-5-2-1-3-6-9/h1-3,5-6,14H,4,7-8H2. The SMILES string of the molecule is FC(F)(F)NCCCc1ccccc1. The fourth-order valence-corrected chi connectivity index (χ4v) is 1.17. The highest BCUT2D eigenvalue weighted by Crippen LogP contribution is 2.09. The monoisotopic (exact) mass is 203 g/mol. The molecule has 78 valence electrons. The van der Waals surface area contributed by atoms with Gasteiger partial charge in [0, 0.05) is 6.54 Å². The molecule has 1 aromatic rings. The lowest BCUT2D eigenvalue weighted by molar-refractivity contribution is -0.156. The summed E-state index contributed by atoms with van der Waals surface area (Å²) in [4.78, 5) is 0. The summed E-state index contributed by atoms with van der Waals surface area (Å²) < 4.78 is 35.0. The highest BCUT2D eigenvalue weighted by Gasteiger charge is 2.25. The molecule has 4 heteroatoms. The molecule has 0 amide bonds. The van der Waals surface area contributed by atoms with Crippen LogP contribution in [0.5, 0.6) is 0 Å². The molecule has 0 radical (unpaired) electrons. The largest absolute Gasteiger partial charge is 0.457 e. The molecule has 1 nitrogen and oxygen atoms in total. The molecule has 0 aliphatic rings. The summed E-state index contributed by atoms with van der Waals surface area (Å²) >= 11 is 0. The van der Waals surface area contributed by atoms with Gasteiger partial charge in [0.2, 0.25) is 0 Å². The van der Waals surface area contributed by atoms with Crippen molar-refractivity contribution in [3.63, 3.8) is 0 Å². The van der Waals surface area contributed by atoms with Gasteiger partial charge in [0.05, 0.1) is 0 Å². The molecule has 0 heterocycles. The minimum atomic E-state index is -4.25. The average Bonchev–Trinajstić information content (AvgIpc) is 2.13. The van der Waals surface area contributed by atoms with Crippen LogP contribution in [0, 0.1) is 0 Å². The molecule has 1 rings (SSSR count). The summed E-state index contributed by atoms with van der Waals surface area (Å²) in [5, 5.41) is 1.49. The second kappa shape index (κ2) is 5.00. The zero-order valence-corrected chi connectivity index (χ0v) is 7.64. The molecule has 0 aromatic heterocycles. The van der Waals surface area contributed by atoms with E-state index in [0.717, 1.165) is 5.56 Å². The van der Waals surface area contributed by atoms with Gasteiger partial charge in [-0.1, -0.05) is 30.3 Å². The Hall–Kier alpha value is -1.03. The summed E-state index contributed by atoms with van der Waals surface area (Å²) in [6, 6.07) is 9.47. The topological polar surface area (TPSA) is 12.0 Å². The maximum atomic E-state index is 11.7. The van der Waals surface area contributed by atoms with Crippen LogP contribution in [0.1, 0.15) is 12.0 Å². The smallest absolute Gasteiger partial charge is 0.228 e. The average molecular weight is 203 g/mol. The number of hydrogen-bond donors (Lipinski definition) is 1. The highest BCUT2D eigenvalue weighted by atomic mass is 19.4. The normalized spacial score (nSPS) is 11.6. The maximum Gasteiger partial charge on any atom is 0.457 e. The third-order valence-corrected chi connectivity index (χ3v) is 1.81. The first-order valence-electron chi connectivity index (χ1n) is 4.43. The van der Waals surface area contributed by atoms with Crippen LogP contribution in [0.4, 0.5) is 13.2 Å². The number of rotatable bonds is 4. The second-order valence-electron chi connectivity index (χ2n) is 3.01. The fraction of sp³-hybridized carbons (Fsp3) is 0.400. The van der Waals surface area contributed by atoms with E-state index < -0.39 is 6.30 Å². The van der Waals surface area contributed by atoms with Gasteiger partial charge in [-0.2, -0.15) is 13.2 Å². The molecule has 0 bridgehead atoms. The Bertz CT molecular complexity index is 256. The summed E-state index contributed by atoms with van der Waals surface area (Å²) in [5.74, 6) is 0. The van der Waals surface area contributed by atoms with Crippen LogP contribution in [0.2, 0.25) is 0 Å². The minimum absolute atomic E-state index is 0.0294. The van der Waals surface area contributed by atoms with Crippen LogP contribution in [-0.4, -0.2) is 12.8 Å². The quantitative estimate of drug-likeness (QED) is 0.586. The molecule has 0 aliphatic heterocycles. The Balaban J connectivity index is 2.17. The lowest BCUT2D eigenvalue weighted by atomic mass is 10.1. The van der Waals surface area contributed by atoms with E-state index >= 15 is 0 Å². The van der Waals surface area contributed by atoms with E-state index in [0.29, 0.717) is 12.8 Å². The minimum Gasteiger partial charge on any atom is -0.228 e. The number of hydrogen-bond acceptors (Lipinski definition) is 1. The van der Waals surface area contributed by atoms with Crippen molar-refractivity contribution in [2.45, 2.75) is 19.1 Å². The van der Waals surface area contributed by atoms with Crippen molar-refractivity contribution < 1.29 is 13.2 Å². The number of nitrogens with one attached hydrogen (secondary N) is 1. The molecule has 0 atom stereocenters. The third kappa shape index (κ3) is 4.87. The first-order chi connectivity index (χ1) is 6.58. The molecule has 1 N–H and O–H groups in total. The van der Waals surface area contributed by atoms with Gasteiger partial charge in [-0.15, -0.1) is 0 Å². The van der Waals surface area contributed by atoms with Crippen LogP contribution < -0.4 is 5.32 Å². The van der Waals surface area contributed by atoms with Gasteiger partial charge >= 0.3 is 6.30 Å². The van der Waals surface area contributed by atoms with Crippen molar-refractivity contribution in [1.29, 1.82) is 0 Å². The molecule has 0 unspecified atom stereocenters. The molecule has 0 fully saturated rings. The summed E-state index contributed by atoms with van der Waals surface area (Å²) in [7, 11) is 0.